The van der Waals surface area contributed by atoms with Crippen LogP contribution < -0.4 is 0 Å². The lowest BCUT2D eigenvalue weighted by molar-refractivity contribution is -0.345. The zero-order valence-corrected chi connectivity index (χ0v) is 20.6. The molecule has 0 unspecified atom stereocenters. The van der Waals surface area contributed by atoms with Gasteiger partial charge in [-0.05, 0) is 73.9 Å². The Morgan fingerprint density at radius 3 is 1.41 bits per heavy atom. The first-order valence-corrected chi connectivity index (χ1v) is 12.8. The molecule has 0 N–H and O–H groups in total. The zero-order chi connectivity index (χ0) is 22.9. The van der Waals surface area contributed by atoms with Gasteiger partial charge in [-0.25, -0.2) is 4.70 Å². The third kappa shape index (κ3) is 5.46. The Kier molecular flexibility index (Phi) is 9.02. The number of hydrogen-bond acceptors (Lipinski definition) is 0. The molecule has 2 aromatic rings. The van der Waals surface area contributed by atoms with Crippen molar-refractivity contribution < 1.29 is 4.70 Å². The minimum atomic E-state index is 0.987. The molecule has 0 aromatic heterocycles. The summed E-state index contributed by atoms with van der Waals surface area (Å²) in [5, 5.41) is 0. The predicted octanol–water partition coefficient (Wildman–Crippen LogP) is 9.14. The van der Waals surface area contributed by atoms with E-state index < -0.39 is 0 Å². The molecule has 0 fully saturated rings. The monoisotopic (exact) mass is 428 g/mol. The van der Waals surface area contributed by atoms with Crippen molar-refractivity contribution in [3.63, 3.8) is 0 Å². The number of rotatable bonds is 12. The molecule has 2 nitrogen and oxygen atoms in total. The van der Waals surface area contributed by atoms with Gasteiger partial charge in [-0.1, -0.05) is 77.6 Å². The Bertz CT molecular complexity index is 959. The summed E-state index contributed by atoms with van der Waals surface area (Å²) in [5.41, 5.74) is 21.1. The fourth-order valence-electron chi connectivity index (χ4n) is 4.66. The van der Waals surface area contributed by atoms with Crippen LogP contribution in [0.1, 0.15) is 101 Å². The van der Waals surface area contributed by atoms with Gasteiger partial charge in [0.1, 0.15) is 0 Å². The highest BCUT2D eigenvalue weighted by molar-refractivity contribution is 5.82. The van der Waals surface area contributed by atoms with Crippen LogP contribution in [0.5, 0.6) is 0 Å². The Morgan fingerprint density at radius 2 is 1.00 bits per heavy atom. The van der Waals surface area contributed by atoms with Gasteiger partial charge in [0, 0.05) is 22.3 Å². The SMILES string of the molecule is CCCCCCC1=C(c2ccc(CC)cc2)[N+](=[N-])C(c2ccc(CC)cc2)=C1CCCC. The van der Waals surface area contributed by atoms with Crippen LogP contribution in [0.15, 0.2) is 59.7 Å². The Balaban J connectivity index is 2.08. The minimum Gasteiger partial charge on any atom is -0.493 e. The maximum Gasteiger partial charge on any atom is 0.211 e. The first-order chi connectivity index (χ1) is 15.6. The Hall–Kier alpha value is -2.48. The number of nitrogens with zero attached hydrogens (tertiary/aromatic N) is 2. The molecule has 0 atom stereocenters. The van der Waals surface area contributed by atoms with Crippen LogP contribution in [-0.4, -0.2) is 4.70 Å². The summed E-state index contributed by atoms with van der Waals surface area (Å²) >= 11 is 0. The summed E-state index contributed by atoms with van der Waals surface area (Å²) in [6.07, 6.45) is 11.3. The molecular formula is C30H40N2. The van der Waals surface area contributed by atoms with Gasteiger partial charge in [0.15, 0.2) is 0 Å². The molecule has 170 valence electrons. The van der Waals surface area contributed by atoms with Crippen molar-refractivity contribution in [3.05, 3.63) is 87.5 Å². The van der Waals surface area contributed by atoms with E-state index in [0.29, 0.717) is 0 Å². The average Bonchev–Trinajstić information content (AvgIpc) is 3.11. The zero-order valence-electron chi connectivity index (χ0n) is 20.6. The molecule has 1 aliphatic heterocycles. The molecule has 0 amide bonds. The molecule has 1 heterocycles. The van der Waals surface area contributed by atoms with Crippen molar-refractivity contribution in [1.82, 2.24) is 0 Å². The summed E-state index contributed by atoms with van der Waals surface area (Å²) in [4.78, 5) is 0. The smallest absolute Gasteiger partial charge is 0.211 e. The summed E-state index contributed by atoms with van der Waals surface area (Å²) in [6.45, 7) is 8.87. The van der Waals surface area contributed by atoms with Crippen LogP contribution in [0.3, 0.4) is 0 Å². The summed E-state index contributed by atoms with van der Waals surface area (Å²) in [7, 11) is 0. The highest BCUT2D eigenvalue weighted by Crippen LogP contribution is 2.44. The van der Waals surface area contributed by atoms with Crippen LogP contribution in [0.4, 0.5) is 0 Å². The second-order valence-corrected chi connectivity index (χ2v) is 8.98. The highest BCUT2D eigenvalue weighted by atomic mass is 15.2. The van der Waals surface area contributed by atoms with E-state index in [1.54, 1.807) is 0 Å². The molecule has 0 bridgehead atoms. The van der Waals surface area contributed by atoms with Gasteiger partial charge in [0.25, 0.3) is 0 Å². The van der Waals surface area contributed by atoms with Gasteiger partial charge < -0.3 is 5.53 Å². The van der Waals surface area contributed by atoms with Crippen molar-refractivity contribution in [2.24, 2.45) is 0 Å². The fraction of sp³-hybridized carbons (Fsp3) is 0.467. The van der Waals surface area contributed by atoms with Crippen molar-refractivity contribution >= 4 is 11.4 Å². The van der Waals surface area contributed by atoms with E-state index in [1.165, 1.54) is 52.7 Å². The molecule has 2 aromatic carbocycles. The number of hydrogen-bond donors (Lipinski definition) is 0. The third-order valence-corrected chi connectivity index (χ3v) is 6.69. The van der Waals surface area contributed by atoms with Crippen molar-refractivity contribution in [2.45, 2.75) is 91.9 Å². The summed E-state index contributed by atoms with van der Waals surface area (Å²) < 4.78 is 1.50. The molecule has 3 rings (SSSR count). The van der Waals surface area contributed by atoms with E-state index in [0.717, 1.165) is 61.0 Å². The van der Waals surface area contributed by atoms with Crippen LogP contribution in [-0.2, 0) is 12.8 Å². The normalized spacial score (nSPS) is 14.1. The fourth-order valence-corrected chi connectivity index (χ4v) is 4.66. The maximum absolute atomic E-state index is 11.6. The number of aryl methyl sites for hydroxylation is 2. The largest absolute Gasteiger partial charge is 0.493 e. The molecule has 2 heteroatoms. The standard InChI is InChI=1S/C30H40N2/c1-5-9-11-12-14-28-27(13-10-6-2)29(25-19-15-23(7-3)16-20-25)32(31)30(28)26-21-17-24(8-4)18-22-26/h15-22H,5-14H2,1-4H3. The van der Waals surface area contributed by atoms with Gasteiger partial charge >= 0.3 is 0 Å². The van der Waals surface area contributed by atoms with E-state index in [-0.39, 0.29) is 0 Å². The van der Waals surface area contributed by atoms with Gasteiger partial charge in [0.2, 0.25) is 11.4 Å². The van der Waals surface area contributed by atoms with Gasteiger partial charge in [-0.3, -0.25) is 0 Å². The number of benzene rings is 2. The van der Waals surface area contributed by atoms with Crippen LogP contribution in [0.25, 0.3) is 16.9 Å². The van der Waals surface area contributed by atoms with Crippen molar-refractivity contribution in [3.8, 4) is 0 Å². The Morgan fingerprint density at radius 1 is 0.562 bits per heavy atom. The molecule has 1 aliphatic rings. The lowest BCUT2D eigenvalue weighted by Crippen LogP contribution is -2.03. The highest BCUT2D eigenvalue weighted by Gasteiger charge is 2.35. The topological polar surface area (TPSA) is 25.3 Å². The summed E-state index contributed by atoms with van der Waals surface area (Å²) in [5.74, 6) is 0. The van der Waals surface area contributed by atoms with Gasteiger partial charge in [-0.2, -0.15) is 0 Å². The molecule has 0 aliphatic carbocycles. The lowest BCUT2D eigenvalue weighted by Gasteiger charge is -2.10. The average molecular weight is 429 g/mol. The van der Waals surface area contributed by atoms with Crippen molar-refractivity contribution in [1.29, 1.82) is 0 Å². The van der Waals surface area contributed by atoms with Gasteiger partial charge in [0.05, 0.1) is 0 Å². The van der Waals surface area contributed by atoms with Crippen LogP contribution >= 0.6 is 0 Å². The van der Waals surface area contributed by atoms with E-state index in [4.69, 9.17) is 0 Å². The first kappa shape index (κ1) is 24.2. The molecule has 0 saturated carbocycles. The number of unbranched alkanes of at least 4 members (excludes halogenated alkanes) is 4. The molecule has 32 heavy (non-hydrogen) atoms. The molecule has 0 saturated heterocycles. The quantitative estimate of drug-likeness (QED) is 0.238. The molecule has 0 radical (unpaired) electrons. The predicted molar refractivity (Wildman–Crippen MR) is 137 cm³/mol. The van der Waals surface area contributed by atoms with Crippen LogP contribution in [0, 0.1) is 0 Å². The maximum atomic E-state index is 11.6. The van der Waals surface area contributed by atoms with Crippen molar-refractivity contribution in [2.75, 3.05) is 0 Å². The van der Waals surface area contributed by atoms with E-state index >= 15 is 0 Å². The minimum absolute atomic E-state index is 0.987. The Labute approximate surface area is 195 Å². The number of allylic oxidation sites excluding steroid dienone is 2. The summed E-state index contributed by atoms with van der Waals surface area (Å²) in [6, 6.07) is 17.5. The van der Waals surface area contributed by atoms with Crippen LogP contribution in [0.2, 0.25) is 0 Å². The second-order valence-electron chi connectivity index (χ2n) is 8.98. The second kappa shape index (κ2) is 11.9. The third-order valence-electron chi connectivity index (χ3n) is 6.69. The van der Waals surface area contributed by atoms with Gasteiger partial charge in [-0.15, -0.1) is 0 Å². The van der Waals surface area contributed by atoms with E-state index in [2.05, 4.69) is 76.2 Å². The van der Waals surface area contributed by atoms with E-state index in [1.807, 2.05) is 0 Å². The molecular weight excluding hydrogens is 388 g/mol. The molecule has 0 spiro atoms. The lowest BCUT2D eigenvalue weighted by atomic mass is 9.91. The van der Waals surface area contributed by atoms with E-state index in [9.17, 15) is 5.53 Å². The first-order valence-electron chi connectivity index (χ1n) is 12.8.